The molecule has 1 saturated heterocycles. The lowest BCUT2D eigenvalue weighted by atomic mass is 9.98. The lowest BCUT2D eigenvalue weighted by molar-refractivity contribution is -0.153. The number of alkyl halides is 3. The van der Waals surface area contributed by atoms with E-state index in [1.807, 2.05) is 0 Å². The van der Waals surface area contributed by atoms with Crippen LogP contribution in [0, 0.1) is 5.82 Å². The number of rotatable bonds is 3. The van der Waals surface area contributed by atoms with Crippen LogP contribution < -0.4 is 0 Å². The van der Waals surface area contributed by atoms with Crippen LogP contribution in [0.3, 0.4) is 0 Å². The number of furan rings is 1. The lowest BCUT2D eigenvalue weighted by Gasteiger charge is -2.26. The zero-order valence-corrected chi connectivity index (χ0v) is 16.3. The highest BCUT2D eigenvalue weighted by Gasteiger charge is 2.48. The number of carbonyl (C=O) groups excluding carboxylic acids is 2. The van der Waals surface area contributed by atoms with Gasteiger partial charge < -0.3 is 13.9 Å². The molecule has 1 aromatic heterocycles. The van der Waals surface area contributed by atoms with E-state index >= 15 is 0 Å². The third-order valence-electron chi connectivity index (χ3n) is 4.25. The minimum absolute atomic E-state index is 0.105. The van der Waals surface area contributed by atoms with E-state index in [9.17, 15) is 27.2 Å². The van der Waals surface area contributed by atoms with Gasteiger partial charge in [0.05, 0.1) is 6.04 Å². The number of cyclic esters (lactones) is 1. The van der Waals surface area contributed by atoms with Crippen LogP contribution in [0.4, 0.5) is 27.2 Å². The Morgan fingerprint density at radius 2 is 1.73 bits per heavy atom. The molecular weight excluding hydrogens is 410 g/mol. The Morgan fingerprint density at radius 1 is 1.10 bits per heavy atom. The summed E-state index contributed by atoms with van der Waals surface area (Å²) in [6.07, 6.45) is -8.02. The van der Waals surface area contributed by atoms with E-state index in [0.717, 1.165) is 24.3 Å². The number of halogens is 4. The maximum absolute atomic E-state index is 13.3. The molecule has 1 aromatic carbocycles. The average molecular weight is 429 g/mol. The average Bonchev–Trinajstić information content (AvgIpc) is 3.19. The number of imide groups is 1. The number of carbonyl (C=O) groups is 2. The maximum atomic E-state index is 13.3. The highest BCUT2D eigenvalue weighted by Crippen LogP contribution is 2.37. The minimum atomic E-state index is -4.68. The fourth-order valence-corrected chi connectivity index (χ4v) is 3.02. The monoisotopic (exact) mass is 429 g/mol. The lowest BCUT2D eigenvalue weighted by Crippen LogP contribution is -2.43. The van der Waals surface area contributed by atoms with Gasteiger partial charge in [-0.3, -0.25) is 0 Å². The zero-order chi connectivity index (χ0) is 22.3. The van der Waals surface area contributed by atoms with Crippen molar-refractivity contribution in [3.63, 3.8) is 0 Å². The Morgan fingerprint density at radius 3 is 2.27 bits per heavy atom. The summed E-state index contributed by atoms with van der Waals surface area (Å²) in [6, 6.07) is 5.82. The Kier molecular flexibility index (Phi) is 5.53. The molecule has 0 spiro atoms. The molecule has 1 aliphatic heterocycles. The molecule has 0 bridgehead atoms. The Hall–Kier alpha value is -3.04. The normalized spacial score (nSPS) is 19.7. The van der Waals surface area contributed by atoms with E-state index in [0.29, 0.717) is 10.5 Å². The van der Waals surface area contributed by atoms with Gasteiger partial charge >= 0.3 is 18.4 Å². The molecule has 2 amide bonds. The number of hydrogen-bond donors (Lipinski definition) is 0. The summed E-state index contributed by atoms with van der Waals surface area (Å²) in [5.41, 5.74) is -0.562. The molecule has 2 heterocycles. The van der Waals surface area contributed by atoms with Crippen LogP contribution in [0.5, 0.6) is 0 Å². The minimum Gasteiger partial charge on any atom is -0.456 e. The quantitative estimate of drug-likeness (QED) is 0.605. The molecule has 1 fully saturated rings. The Labute approximate surface area is 169 Å². The molecule has 6 nitrogen and oxygen atoms in total. The van der Waals surface area contributed by atoms with Crippen molar-refractivity contribution in [1.29, 1.82) is 0 Å². The first-order valence-corrected chi connectivity index (χ1v) is 8.99. The third-order valence-corrected chi connectivity index (χ3v) is 4.25. The van der Waals surface area contributed by atoms with E-state index in [1.54, 1.807) is 20.8 Å². The van der Waals surface area contributed by atoms with Gasteiger partial charge in [-0.25, -0.2) is 18.9 Å². The molecular formula is C20H19F4NO5. The molecule has 2 unspecified atom stereocenters. The highest BCUT2D eigenvalue weighted by molar-refractivity contribution is 5.90. The molecule has 162 valence electrons. The maximum Gasteiger partial charge on any atom is 0.449 e. The molecule has 3 rings (SSSR count). The molecule has 0 radical (unpaired) electrons. The van der Waals surface area contributed by atoms with Gasteiger partial charge in [0.25, 0.3) is 0 Å². The van der Waals surface area contributed by atoms with Gasteiger partial charge in [-0.15, -0.1) is 0 Å². The van der Waals surface area contributed by atoms with Crippen LogP contribution in [0.1, 0.15) is 44.0 Å². The van der Waals surface area contributed by atoms with Gasteiger partial charge in [-0.2, -0.15) is 13.2 Å². The van der Waals surface area contributed by atoms with Crippen molar-refractivity contribution < 1.29 is 41.0 Å². The van der Waals surface area contributed by atoms with Crippen molar-refractivity contribution in [2.75, 3.05) is 0 Å². The van der Waals surface area contributed by atoms with E-state index < -0.39 is 47.7 Å². The molecule has 0 N–H and O–H groups in total. The van der Waals surface area contributed by atoms with Crippen molar-refractivity contribution in [3.8, 4) is 0 Å². The number of hydrogen-bond acceptors (Lipinski definition) is 5. The van der Waals surface area contributed by atoms with E-state index in [-0.39, 0.29) is 12.2 Å². The molecule has 2 atom stereocenters. The van der Waals surface area contributed by atoms with Crippen LogP contribution in [-0.4, -0.2) is 28.7 Å². The van der Waals surface area contributed by atoms with Crippen molar-refractivity contribution in [3.05, 3.63) is 59.3 Å². The van der Waals surface area contributed by atoms with Gasteiger partial charge in [0.1, 0.15) is 17.2 Å². The molecule has 0 aliphatic carbocycles. The van der Waals surface area contributed by atoms with E-state index in [2.05, 4.69) is 0 Å². The summed E-state index contributed by atoms with van der Waals surface area (Å²) >= 11 is 0. The number of nitrogens with zero attached hydrogens (tertiary/aromatic N) is 1. The van der Waals surface area contributed by atoms with Crippen molar-refractivity contribution in [2.24, 2.45) is 0 Å². The topological polar surface area (TPSA) is 69.0 Å². The van der Waals surface area contributed by atoms with Crippen LogP contribution in [-0.2, 0) is 22.1 Å². The highest BCUT2D eigenvalue weighted by atomic mass is 19.4. The predicted octanol–water partition coefficient (Wildman–Crippen LogP) is 5.48. The summed E-state index contributed by atoms with van der Waals surface area (Å²) < 4.78 is 67.2. The van der Waals surface area contributed by atoms with Crippen molar-refractivity contribution >= 4 is 12.2 Å². The number of benzene rings is 1. The molecule has 1 aliphatic rings. The Bertz CT molecular complexity index is 930. The van der Waals surface area contributed by atoms with E-state index in [1.165, 1.54) is 12.1 Å². The van der Waals surface area contributed by atoms with Crippen LogP contribution in [0.2, 0.25) is 0 Å². The first kappa shape index (κ1) is 21.7. The van der Waals surface area contributed by atoms with Gasteiger partial charge in [-0.1, -0.05) is 12.1 Å². The summed E-state index contributed by atoms with van der Waals surface area (Å²) in [4.78, 5) is 25.7. The fourth-order valence-electron chi connectivity index (χ4n) is 3.02. The second-order valence-corrected chi connectivity index (χ2v) is 7.74. The zero-order valence-electron chi connectivity index (χ0n) is 16.3. The second kappa shape index (κ2) is 7.66. The summed E-state index contributed by atoms with van der Waals surface area (Å²) in [5, 5.41) is 0. The smallest absolute Gasteiger partial charge is 0.449 e. The van der Waals surface area contributed by atoms with Crippen molar-refractivity contribution in [1.82, 2.24) is 4.90 Å². The predicted molar refractivity (Wildman–Crippen MR) is 94.9 cm³/mol. The number of amides is 2. The fraction of sp³-hybridized carbons (Fsp3) is 0.400. The molecule has 10 heteroatoms. The first-order valence-electron chi connectivity index (χ1n) is 8.99. The summed E-state index contributed by atoms with van der Waals surface area (Å²) in [6.45, 7) is 4.79. The van der Waals surface area contributed by atoms with Crippen LogP contribution in [0.25, 0.3) is 0 Å². The number of ether oxygens (including phenoxy) is 2. The first-order chi connectivity index (χ1) is 13.8. The third kappa shape index (κ3) is 4.74. The van der Waals surface area contributed by atoms with Crippen LogP contribution in [0.15, 0.2) is 40.8 Å². The van der Waals surface area contributed by atoms with E-state index in [4.69, 9.17) is 13.9 Å². The summed E-state index contributed by atoms with van der Waals surface area (Å²) in [5.74, 6) is -1.83. The summed E-state index contributed by atoms with van der Waals surface area (Å²) in [7, 11) is 0. The largest absolute Gasteiger partial charge is 0.456 e. The van der Waals surface area contributed by atoms with Gasteiger partial charge in [0.2, 0.25) is 5.76 Å². The van der Waals surface area contributed by atoms with Crippen molar-refractivity contribution in [2.45, 2.75) is 51.1 Å². The molecule has 30 heavy (non-hydrogen) atoms. The molecule has 0 saturated carbocycles. The standard InChI is InChI=1S/C20H19F4NO5/c1-19(2,3)30-18(27)25-14(10-13-8-9-15(28-13)20(22,23)24)16(29-17(25)26)11-4-6-12(21)7-5-11/h4-9,14,16H,10H2,1-3H3. The second-order valence-electron chi connectivity index (χ2n) is 7.74. The molecule has 2 aromatic rings. The Balaban J connectivity index is 1.95. The van der Waals surface area contributed by atoms with Gasteiger partial charge in [0, 0.05) is 6.42 Å². The SMILES string of the molecule is CC(C)(C)OC(=O)N1C(=O)OC(c2ccc(F)cc2)C1Cc1ccc(C(F)(F)F)o1. The van der Waals surface area contributed by atoms with Gasteiger partial charge in [-0.05, 0) is 50.6 Å². The van der Waals surface area contributed by atoms with Gasteiger partial charge in [0.15, 0.2) is 6.10 Å². The van der Waals surface area contributed by atoms with Crippen LogP contribution >= 0.6 is 0 Å².